The molecule has 0 radical (unpaired) electrons. The van der Waals surface area contributed by atoms with E-state index in [0.717, 1.165) is 43.7 Å². The third-order valence-corrected chi connectivity index (χ3v) is 4.41. The summed E-state index contributed by atoms with van der Waals surface area (Å²) < 4.78 is 17.9. The summed E-state index contributed by atoms with van der Waals surface area (Å²) in [5.74, 6) is 1.19. The maximum absolute atomic E-state index is 12.9. The Morgan fingerprint density at radius 3 is 2.61 bits per heavy atom. The first-order chi connectivity index (χ1) is 11.1. The van der Waals surface area contributed by atoms with E-state index in [1.165, 1.54) is 12.1 Å². The maximum atomic E-state index is 12.9. The largest absolute Gasteiger partial charge is 0.361 e. The average Bonchev–Trinajstić information content (AvgIpc) is 2.95. The highest BCUT2D eigenvalue weighted by molar-refractivity contribution is 5.78. The Kier molecular flexibility index (Phi) is 4.74. The average molecular weight is 316 g/mol. The van der Waals surface area contributed by atoms with Crippen LogP contribution in [0.25, 0.3) is 0 Å². The molecule has 1 amide bonds. The lowest BCUT2D eigenvalue weighted by molar-refractivity contribution is -0.131. The molecule has 5 heteroatoms. The molecule has 1 aromatic carbocycles. The minimum Gasteiger partial charge on any atom is -0.361 e. The summed E-state index contributed by atoms with van der Waals surface area (Å²) in [7, 11) is 0. The third kappa shape index (κ3) is 4.18. The van der Waals surface area contributed by atoms with E-state index < -0.39 is 0 Å². The van der Waals surface area contributed by atoms with Crippen molar-refractivity contribution in [1.82, 2.24) is 10.1 Å². The van der Waals surface area contributed by atoms with E-state index in [9.17, 15) is 9.18 Å². The zero-order valence-electron chi connectivity index (χ0n) is 13.3. The Balaban J connectivity index is 1.48. The van der Waals surface area contributed by atoms with Crippen molar-refractivity contribution >= 4 is 5.91 Å². The van der Waals surface area contributed by atoms with Gasteiger partial charge in [0, 0.05) is 19.2 Å². The number of rotatable bonds is 4. The van der Waals surface area contributed by atoms with Gasteiger partial charge in [0.2, 0.25) is 5.91 Å². The zero-order valence-corrected chi connectivity index (χ0v) is 13.3. The van der Waals surface area contributed by atoms with Crippen LogP contribution < -0.4 is 0 Å². The number of benzene rings is 1. The van der Waals surface area contributed by atoms with Crippen LogP contribution in [0.15, 0.2) is 34.9 Å². The second-order valence-electron chi connectivity index (χ2n) is 6.26. The van der Waals surface area contributed by atoms with Crippen LogP contribution in [0.3, 0.4) is 0 Å². The SMILES string of the molecule is Cc1cc(CC(=O)N2CCC(Cc3ccc(F)cc3)CC2)no1. The van der Waals surface area contributed by atoms with Crippen molar-refractivity contribution in [2.45, 2.75) is 32.6 Å². The van der Waals surface area contributed by atoms with E-state index >= 15 is 0 Å². The second-order valence-corrected chi connectivity index (χ2v) is 6.26. The number of hydrogen-bond donors (Lipinski definition) is 0. The first-order valence-electron chi connectivity index (χ1n) is 8.04. The molecule has 0 unspecified atom stereocenters. The molecule has 122 valence electrons. The van der Waals surface area contributed by atoms with Gasteiger partial charge < -0.3 is 9.42 Å². The summed E-state index contributed by atoms with van der Waals surface area (Å²) in [5, 5.41) is 3.88. The van der Waals surface area contributed by atoms with E-state index in [1.807, 2.05) is 24.0 Å². The van der Waals surface area contributed by atoms with Crippen LogP contribution >= 0.6 is 0 Å². The fourth-order valence-corrected chi connectivity index (χ4v) is 3.11. The van der Waals surface area contributed by atoms with Crippen LogP contribution in [0.1, 0.15) is 29.9 Å². The molecule has 0 saturated carbocycles. The summed E-state index contributed by atoms with van der Waals surface area (Å²) in [5.41, 5.74) is 1.86. The molecule has 1 aliphatic heterocycles. The molecule has 1 saturated heterocycles. The van der Waals surface area contributed by atoms with Crippen molar-refractivity contribution in [3.8, 4) is 0 Å². The van der Waals surface area contributed by atoms with Gasteiger partial charge in [0.1, 0.15) is 11.6 Å². The van der Waals surface area contributed by atoms with Gasteiger partial charge in [-0.3, -0.25) is 4.79 Å². The quantitative estimate of drug-likeness (QED) is 0.870. The van der Waals surface area contributed by atoms with Crippen molar-refractivity contribution < 1.29 is 13.7 Å². The normalized spacial score (nSPS) is 15.8. The highest BCUT2D eigenvalue weighted by Gasteiger charge is 2.23. The van der Waals surface area contributed by atoms with Crippen LogP contribution in [-0.4, -0.2) is 29.1 Å². The molecule has 0 spiro atoms. The van der Waals surface area contributed by atoms with Crippen molar-refractivity contribution in [2.75, 3.05) is 13.1 Å². The van der Waals surface area contributed by atoms with Crippen molar-refractivity contribution in [3.05, 3.63) is 53.2 Å². The number of aryl methyl sites for hydroxylation is 1. The minimum atomic E-state index is -0.197. The lowest BCUT2D eigenvalue weighted by Gasteiger charge is -2.32. The summed E-state index contributed by atoms with van der Waals surface area (Å²) in [4.78, 5) is 14.2. The Bertz CT molecular complexity index is 658. The van der Waals surface area contributed by atoms with Crippen LogP contribution in [0.5, 0.6) is 0 Å². The monoisotopic (exact) mass is 316 g/mol. The molecule has 0 bridgehead atoms. The lowest BCUT2D eigenvalue weighted by atomic mass is 9.90. The first-order valence-corrected chi connectivity index (χ1v) is 8.04. The fraction of sp³-hybridized carbons (Fsp3) is 0.444. The number of hydrogen-bond acceptors (Lipinski definition) is 3. The van der Waals surface area contributed by atoms with Crippen molar-refractivity contribution in [1.29, 1.82) is 0 Å². The van der Waals surface area contributed by atoms with E-state index in [1.54, 1.807) is 6.07 Å². The number of carbonyl (C=O) groups is 1. The van der Waals surface area contributed by atoms with Crippen LogP contribution in [0.4, 0.5) is 4.39 Å². The number of halogens is 1. The van der Waals surface area contributed by atoms with Crippen molar-refractivity contribution in [2.24, 2.45) is 5.92 Å². The fourth-order valence-electron chi connectivity index (χ4n) is 3.11. The molecular weight excluding hydrogens is 295 g/mol. The Morgan fingerprint density at radius 2 is 2.00 bits per heavy atom. The van der Waals surface area contributed by atoms with E-state index in [-0.39, 0.29) is 11.7 Å². The molecule has 0 aliphatic carbocycles. The van der Waals surface area contributed by atoms with Gasteiger partial charge in [0.15, 0.2) is 0 Å². The number of nitrogens with zero attached hydrogens (tertiary/aromatic N) is 2. The summed E-state index contributed by atoms with van der Waals surface area (Å²) in [6, 6.07) is 8.51. The molecule has 0 atom stereocenters. The van der Waals surface area contributed by atoms with E-state index in [4.69, 9.17) is 4.52 Å². The van der Waals surface area contributed by atoms with Gasteiger partial charge in [-0.25, -0.2) is 4.39 Å². The number of aromatic nitrogens is 1. The molecule has 2 aromatic rings. The molecule has 1 aliphatic rings. The van der Waals surface area contributed by atoms with Crippen LogP contribution in [-0.2, 0) is 17.6 Å². The molecule has 0 N–H and O–H groups in total. The summed E-state index contributed by atoms with van der Waals surface area (Å²) >= 11 is 0. The molecule has 3 rings (SSSR count). The minimum absolute atomic E-state index is 0.110. The predicted octanol–water partition coefficient (Wildman–Crippen LogP) is 3.15. The van der Waals surface area contributed by atoms with Gasteiger partial charge in [-0.2, -0.15) is 0 Å². The van der Waals surface area contributed by atoms with Gasteiger partial charge >= 0.3 is 0 Å². The summed E-state index contributed by atoms with van der Waals surface area (Å²) in [6.45, 7) is 3.38. The lowest BCUT2D eigenvalue weighted by Crippen LogP contribution is -2.39. The number of amides is 1. The van der Waals surface area contributed by atoms with E-state index in [0.29, 0.717) is 18.0 Å². The van der Waals surface area contributed by atoms with Crippen molar-refractivity contribution in [3.63, 3.8) is 0 Å². The van der Waals surface area contributed by atoms with Crippen LogP contribution in [0, 0.1) is 18.7 Å². The molecule has 1 aromatic heterocycles. The van der Waals surface area contributed by atoms with Gasteiger partial charge in [-0.05, 0) is 49.8 Å². The Hall–Kier alpha value is -2.17. The zero-order chi connectivity index (χ0) is 16.2. The topological polar surface area (TPSA) is 46.3 Å². The van der Waals surface area contributed by atoms with Crippen LogP contribution in [0.2, 0.25) is 0 Å². The Labute approximate surface area is 135 Å². The smallest absolute Gasteiger partial charge is 0.228 e. The molecule has 1 fully saturated rings. The molecular formula is C18H21FN2O2. The highest BCUT2D eigenvalue weighted by atomic mass is 19.1. The standard InChI is InChI=1S/C18H21FN2O2/c1-13-10-17(20-23-13)12-18(22)21-8-6-15(7-9-21)11-14-2-4-16(19)5-3-14/h2-5,10,15H,6-9,11-12H2,1H3. The third-order valence-electron chi connectivity index (χ3n) is 4.41. The number of piperidine rings is 1. The van der Waals surface area contributed by atoms with Gasteiger partial charge in [-0.15, -0.1) is 0 Å². The maximum Gasteiger partial charge on any atom is 0.228 e. The first kappa shape index (κ1) is 15.7. The van der Waals surface area contributed by atoms with Gasteiger partial charge in [0.25, 0.3) is 0 Å². The molecule has 2 heterocycles. The predicted molar refractivity (Wildman–Crippen MR) is 84.4 cm³/mol. The van der Waals surface area contributed by atoms with Gasteiger partial charge in [-0.1, -0.05) is 17.3 Å². The Morgan fingerprint density at radius 1 is 1.30 bits per heavy atom. The summed E-state index contributed by atoms with van der Waals surface area (Å²) in [6.07, 6.45) is 3.23. The van der Waals surface area contributed by atoms with E-state index in [2.05, 4.69) is 5.16 Å². The van der Waals surface area contributed by atoms with Gasteiger partial charge in [0.05, 0.1) is 12.1 Å². The highest BCUT2D eigenvalue weighted by Crippen LogP contribution is 2.22. The number of likely N-dealkylation sites (tertiary alicyclic amines) is 1. The number of carbonyl (C=O) groups excluding carboxylic acids is 1. The molecule has 23 heavy (non-hydrogen) atoms. The second kappa shape index (κ2) is 6.94. The molecule has 4 nitrogen and oxygen atoms in total.